The van der Waals surface area contributed by atoms with Gasteiger partial charge in [0, 0.05) is 77.2 Å². The van der Waals surface area contributed by atoms with Gasteiger partial charge in [0.25, 0.3) is 0 Å². The van der Waals surface area contributed by atoms with Crippen molar-refractivity contribution >= 4 is 255 Å². The lowest BCUT2D eigenvalue weighted by atomic mass is 9.99. The fraction of sp³-hybridized carbons (Fsp3) is 0.0833. The first-order chi connectivity index (χ1) is 71.0. The molecule has 10 aliphatic rings. The molecule has 150 heavy (non-hydrogen) atoms. The molecule has 0 unspecified atom stereocenters. The van der Waals surface area contributed by atoms with Crippen LogP contribution in [0, 0.1) is 69.2 Å². The van der Waals surface area contributed by atoms with Crippen molar-refractivity contribution in [2.75, 3.05) is 0 Å². The number of rotatable bonds is 0. The lowest BCUT2D eigenvalue weighted by molar-refractivity contribution is 0.603. The molecule has 740 valence electrons. The van der Waals surface area contributed by atoms with Crippen LogP contribution in [-0.4, -0.2) is 84.2 Å². The summed E-state index contributed by atoms with van der Waals surface area (Å²) >= 11 is 0. The van der Waals surface area contributed by atoms with Crippen molar-refractivity contribution in [2.24, 2.45) is 0 Å². The zero-order chi connectivity index (χ0) is 105. The Morgan fingerprint density at radius 3 is 0.653 bits per heavy atom. The third-order valence-electron chi connectivity index (χ3n) is 30.2. The monoisotopic (exact) mass is 2160 g/mol. The molecule has 0 N–H and O–H groups in total. The molecule has 0 aromatic heterocycles. The largest absolute Gasteiger partial charge is 0.218 e. The van der Waals surface area contributed by atoms with Crippen LogP contribution >= 0.6 is 0 Å². The Hall–Kier alpha value is -14.8. The highest BCUT2D eigenvalue weighted by molar-refractivity contribution is 8.11. The maximum Gasteiger partial charge on any atom is 0.209 e. The molecule has 0 aliphatic carbocycles. The Morgan fingerprint density at radius 1 is 0.120 bits per heavy atom. The van der Waals surface area contributed by atoms with Crippen LogP contribution in [0.5, 0.6) is 0 Å². The van der Waals surface area contributed by atoms with Crippen molar-refractivity contribution in [1.29, 1.82) is 0 Å². The molecule has 0 bridgehead atoms. The summed E-state index contributed by atoms with van der Waals surface area (Å²) in [6.45, 7) is 19.2. The first kappa shape index (κ1) is 94.9. The SMILES string of the molecule is Cc1ccc2c3c(ccc2c1)C1=C(c2ccc4cc(C)ccc4c2S1(=O)=O)S3(=O)=O.Cc1ccc2cc3c(cc2c1)S(=O)(=O)C1=C3S(=O)(=O)c2c1ccc1ccc(C)cc21.Cc1ccc2cc3c(cc2c1)S(=O)(=O)C1=C3S(=O)(=O)c2ccc3cc(C)ccc3c21.Cc1ccc2ccc3c(c2c1)C1=C(c2c(ccc4ccc(C)cc24)S1(=O)=O)S3(=O)=O.Cc1ccc2ccc3c(c2c1)C1=C(c2ccc4ccc(C)cc4c2S1(=O)=O)S3(=O)=O. The lowest BCUT2D eigenvalue weighted by Crippen LogP contribution is -2.05. The molecule has 0 radical (unpaired) electrons. The minimum Gasteiger partial charge on any atom is -0.218 e. The van der Waals surface area contributed by atoms with Crippen molar-refractivity contribution in [2.45, 2.75) is 118 Å². The summed E-state index contributed by atoms with van der Waals surface area (Å²) in [6, 6.07) is 89.8. The van der Waals surface area contributed by atoms with E-state index in [-0.39, 0.29) is 131 Å². The fourth-order valence-electron chi connectivity index (χ4n) is 23.5. The maximum absolute atomic E-state index is 13.8. The number of benzene rings is 20. The second kappa shape index (κ2) is 31.4. The van der Waals surface area contributed by atoms with Gasteiger partial charge >= 0.3 is 0 Å². The van der Waals surface area contributed by atoms with Crippen molar-refractivity contribution < 1.29 is 84.2 Å². The van der Waals surface area contributed by atoms with Gasteiger partial charge in [0.1, 0.15) is 19.6 Å². The minimum absolute atomic E-state index is 0.0714. The van der Waals surface area contributed by atoms with Gasteiger partial charge in [0.05, 0.1) is 78.4 Å². The summed E-state index contributed by atoms with van der Waals surface area (Å²) in [6.07, 6.45) is 0. The predicted octanol–water partition coefficient (Wildman–Crippen LogP) is 25.1. The Labute approximate surface area is 864 Å². The molecular weight excluding hydrogens is 2080 g/mol. The molecule has 30 heteroatoms. The Morgan fingerprint density at radius 2 is 0.307 bits per heavy atom. The second-order valence-corrected chi connectivity index (χ2v) is 58.5. The fourth-order valence-corrected chi connectivity index (χ4v) is 45.9. The standard InChI is InChI=1S/5C24H16O4S2/c1-13-3-7-17-15(11-13)5-9-19-21(17)29(25,26)24-20-10-6-16-12-14(2)4-8-18(16)22(20)30(27,28)23(19)24;1-13-3-5-15-11-19-21(12-17(15)10-13)30(27,28)24-22-18-7-4-14(2)9-16(18)6-8-20(22)29(25,26)23(19)24;1-13-3-5-15-8-10-20-21(18(15)11-13)24-23(29(20,25)26)17-9-7-16-6-4-14(2)12-19(16)22(17)30(24,27)28;1-13-3-5-15-7-9-19-21(17(15)11-13)23-24(29(19,25)26)22-18-12-14(2)4-6-16(18)8-10-20(22)30(23,27)28;1-13-4-6-16-11-20-21(12-17(16)9-13)29(25,26)23-18-8-7-15-5-3-14(2)10-19(15)22(18)30(27,28)24(20)23/h5*3-12H,1-2H3. The molecule has 0 saturated carbocycles. The third kappa shape index (κ3) is 13.0. The summed E-state index contributed by atoms with van der Waals surface area (Å²) in [5.41, 5.74) is 12.6. The lowest BCUT2D eigenvalue weighted by Gasteiger charge is -2.13. The summed E-state index contributed by atoms with van der Waals surface area (Å²) in [4.78, 5) is 0.0763. The van der Waals surface area contributed by atoms with Gasteiger partial charge in [0.15, 0.2) is 0 Å². The van der Waals surface area contributed by atoms with E-state index in [1.165, 1.54) is 24.3 Å². The van der Waals surface area contributed by atoms with Gasteiger partial charge < -0.3 is 0 Å². The molecule has 20 nitrogen and oxygen atoms in total. The van der Waals surface area contributed by atoms with Crippen molar-refractivity contribution in [3.8, 4) is 0 Å². The summed E-state index contributed by atoms with van der Waals surface area (Å²) in [5, 5.41) is 14.4. The Bertz CT molecular complexity index is 11400. The van der Waals surface area contributed by atoms with Gasteiger partial charge in [-0.05, 0) is 204 Å². The van der Waals surface area contributed by atoms with Crippen molar-refractivity contribution in [3.63, 3.8) is 0 Å². The summed E-state index contributed by atoms with van der Waals surface area (Å²) in [5.74, 6) is 0. The molecule has 20 aromatic carbocycles. The molecule has 0 saturated heterocycles. The molecule has 10 aliphatic heterocycles. The van der Waals surface area contributed by atoms with E-state index >= 15 is 0 Å². The second-order valence-electron chi connectivity index (χ2n) is 40.0. The zero-order valence-corrected chi connectivity index (χ0v) is 89.3. The molecule has 10 heterocycles. The van der Waals surface area contributed by atoms with Crippen LogP contribution in [0.4, 0.5) is 0 Å². The van der Waals surface area contributed by atoms with E-state index < -0.39 is 98.4 Å². The minimum atomic E-state index is -4.01. The van der Waals surface area contributed by atoms with Crippen LogP contribution < -0.4 is 0 Å². The van der Waals surface area contributed by atoms with E-state index in [2.05, 4.69) is 0 Å². The van der Waals surface area contributed by atoms with E-state index in [9.17, 15) is 84.2 Å². The number of hydrogen-bond donors (Lipinski definition) is 0. The topological polar surface area (TPSA) is 341 Å². The maximum atomic E-state index is 13.8. The number of aryl methyl sites for hydroxylation is 10. The zero-order valence-electron chi connectivity index (χ0n) is 81.1. The first-order valence-corrected chi connectivity index (χ1v) is 62.5. The van der Waals surface area contributed by atoms with Gasteiger partial charge in [-0.2, -0.15) is 0 Å². The number of hydrogen-bond acceptors (Lipinski definition) is 20. The molecule has 30 rings (SSSR count). The third-order valence-corrected chi connectivity index (χ3v) is 49.8. The van der Waals surface area contributed by atoms with Gasteiger partial charge in [-0.25, -0.2) is 84.2 Å². The molecular formula is C120H80O20S10. The summed E-state index contributed by atoms with van der Waals surface area (Å²) < 4.78 is 273. The molecule has 0 fully saturated rings. The quantitative estimate of drug-likeness (QED) is 0.136. The van der Waals surface area contributed by atoms with Crippen molar-refractivity contribution in [1.82, 2.24) is 0 Å². The van der Waals surface area contributed by atoms with E-state index in [0.717, 1.165) is 120 Å². The molecule has 0 spiro atoms. The molecule has 0 atom stereocenters. The normalized spacial score (nSPS) is 17.9. The van der Waals surface area contributed by atoms with Gasteiger partial charge in [-0.1, -0.05) is 310 Å². The van der Waals surface area contributed by atoms with Crippen LogP contribution in [0.15, 0.2) is 352 Å². The van der Waals surface area contributed by atoms with E-state index in [1.807, 2.05) is 239 Å². The predicted molar refractivity (Wildman–Crippen MR) is 593 cm³/mol. The van der Waals surface area contributed by atoms with E-state index in [4.69, 9.17) is 0 Å². The number of fused-ring (bicyclic) bond motifs is 38. The van der Waals surface area contributed by atoms with Gasteiger partial charge in [-0.15, -0.1) is 0 Å². The highest BCUT2D eigenvalue weighted by Gasteiger charge is 2.57. The van der Waals surface area contributed by atoms with Crippen LogP contribution in [0.3, 0.4) is 0 Å². The highest BCUT2D eigenvalue weighted by atomic mass is 32.2. The smallest absolute Gasteiger partial charge is 0.209 e. The van der Waals surface area contributed by atoms with E-state index in [1.54, 1.807) is 109 Å². The molecule has 20 aromatic rings. The van der Waals surface area contributed by atoms with Crippen LogP contribution in [0.2, 0.25) is 0 Å². The van der Waals surface area contributed by atoms with Crippen LogP contribution in [0.1, 0.15) is 111 Å². The summed E-state index contributed by atoms with van der Waals surface area (Å²) in [7, 11) is -39.7. The first-order valence-electron chi connectivity index (χ1n) is 47.6. The molecule has 0 amide bonds. The Kier molecular flexibility index (Phi) is 19.9. The van der Waals surface area contributed by atoms with Gasteiger partial charge in [0.2, 0.25) is 98.4 Å². The Balaban J connectivity index is 0.0000000945. The van der Waals surface area contributed by atoms with Crippen LogP contribution in [-0.2, 0) is 98.4 Å². The van der Waals surface area contributed by atoms with Gasteiger partial charge in [-0.3, -0.25) is 0 Å². The van der Waals surface area contributed by atoms with Crippen molar-refractivity contribution in [3.05, 3.63) is 415 Å². The average Bonchev–Trinajstić information content (AvgIpc) is 1.51. The average molecular weight is 2160 g/mol. The van der Waals surface area contributed by atoms with Crippen LogP contribution in [0.25, 0.3) is 157 Å². The van der Waals surface area contributed by atoms with E-state index in [0.29, 0.717) is 65.3 Å². The highest BCUT2D eigenvalue weighted by Crippen LogP contribution is 2.65. The number of sulfone groups is 10.